The van der Waals surface area contributed by atoms with E-state index in [9.17, 15) is 8.42 Å². The maximum atomic E-state index is 12.2. The molecule has 2 aromatic rings. The van der Waals surface area contributed by atoms with Gasteiger partial charge in [0.2, 0.25) is 10.0 Å². The summed E-state index contributed by atoms with van der Waals surface area (Å²) < 4.78 is 27.0. The summed E-state index contributed by atoms with van der Waals surface area (Å²) in [7, 11) is -3.55. The molecule has 2 rings (SSSR count). The molecule has 0 fully saturated rings. The van der Waals surface area contributed by atoms with Crippen LogP contribution in [0.4, 0.5) is 0 Å². The summed E-state index contributed by atoms with van der Waals surface area (Å²) >= 11 is 0. The second kappa shape index (κ2) is 6.80. The number of aliphatic hydroxyl groups is 1. The van der Waals surface area contributed by atoms with Gasteiger partial charge in [-0.1, -0.05) is 12.1 Å². The van der Waals surface area contributed by atoms with Crippen molar-refractivity contribution in [3.8, 4) is 0 Å². The third-order valence-electron chi connectivity index (χ3n) is 3.23. The molecular weight excluding hydrogens is 288 g/mol. The Morgan fingerprint density at radius 2 is 1.90 bits per heavy atom. The van der Waals surface area contributed by atoms with Crippen LogP contribution in [0, 0.1) is 6.92 Å². The van der Waals surface area contributed by atoms with Crippen molar-refractivity contribution in [3.05, 3.63) is 59.4 Å². The highest BCUT2D eigenvalue weighted by Crippen LogP contribution is 2.12. The Bertz CT molecular complexity index is 697. The zero-order valence-corrected chi connectivity index (χ0v) is 12.6. The quantitative estimate of drug-likeness (QED) is 0.845. The summed E-state index contributed by atoms with van der Waals surface area (Å²) in [4.78, 5) is 4.21. The van der Waals surface area contributed by atoms with Crippen molar-refractivity contribution < 1.29 is 13.5 Å². The largest absolute Gasteiger partial charge is 0.396 e. The van der Waals surface area contributed by atoms with Gasteiger partial charge in [-0.2, -0.15) is 0 Å². The number of aryl methyl sites for hydroxylation is 1. The van der Waals surface area contributed by atoms with Crippen molar-refractivity contribution in [3.63, 3.8) is 0 Å². The molecule has 0 saturated carbocycles. The third kappa shape index (κ3) is 4.10. The highest BCUT2D eigenvalue weighted by molar-refractivity contribution is 7.89. The first-order valence-corrected chi connectivity index (χ1v) is 8.10. The molecule has 0 atom stereocenters. The lowest BCUT2D eigenvalue weighted by atomic mass is 10.2. The van der Waals surface area contributed by atoms with Crippen molar-refractivity contribution in [2.75, 3.05) is 6.61 Å². The highest BCUT2D eigenvalue weighted by Gasteiger charge is 2.14. The topological polar surface area (TPSA) is 79.3 Å². The molecule has 2 N–H and O–H groups in total. The molecule has 21 heavy (non-hydrogen) atoms. The number of sulfonamides is 1. The van der Waals surface area contributed by atoms with Gasteiger partial charge in [0.05, 0.1) is 4.90 Å². The van der Waals surface area contributed by atoms with E-state index in [4.69, 9.17) is 5.11 Å². The molecule has 0 bridgehead atoms. The molecule has 0 spiro atoms. The minimum atomic E-state index is -3.55. The molecule has 112 valence electrons. The SMILES string of the molecule is Cc1ccncc1CNS(=O)(=O)c1ccc(CCO)cc1. The van der Waals surface area contributed by atoms with Gasteiger partial charge in [-0.05, 0) is 48.2 Å². The molecule has 1 aromatic heterocycles. The predicted molar refractivity (Wildman–Crippen MR) is 80.2 cm³/mol. The van der Waals surface area contributed by atoms with E-state index in [1.165, 1.54) is 0 Å². The summed E-state index contributed by atoms with van der Waals surface area (Å²) in [6.45, 7) is 2.17. The number of nitrogens with zero attached hydrogens (tertiary/aromatic N) is 1. The Labute approximate surface area is 124 Å². The molecule has 0 saturated heterocycles. The van der Waals surface area contributed by atoms with Crippen LogP contribution >= 0.6 is 0 Å². The van der Waals surface area contributed by atoms with Crippen LogP contribution in [0.25, 0.3) is 0 Å². The fourth-order valence-electron chi connectivity index (χ4n) is 1.90. The maximum Gasteiger partial charge on any atom is 0.240 e. The first-order valence-electron chi connectivity index (χ1n) is 6.62. The van der Waals surface area contributed by atoms with Crippen LogP contribution in [0.5, 0.6) is 0 Å². The lowest BCUT2D eigenvalue weighted by Gasteiger charge is -2.09. The van der Waals surface area contributed by atoms with E-state index >= 15 is 0 Å². The lowest BCUT2D eigenvalue weighted by Crippen LogP contribution is -2.23. The Kier molecular flexibility index (Phi) is 5.06. The maximum absolute atomic E-state index is 12.2. The van der Waals surface area contributed by atoms with Crippen LogP contribution in [-0.2, 0) is 23.0 Å². The van der Waals surface area contributed by atoms with Crippen LogP contribution in [0.3, 0.4) is 0 Å². The van der Waals surface area contributed by atoms with Crippen LogP contribution < -0.4 is 4.72 Å². The Morgan fingerprint density at radius 1 is 1.19 bits per heavy atom. The molecule has 0 amide bonds. The minimum Gasteiger partial charge on any atom is -0.396 e. The molecule has 5 nitrogen and oxygen atoms in total. The monoisotopic (exact) mass is 306 g/mol. The van der Waals surface area contributed by atoms with Gasteiger partial charge in [0.15, 0.2) is 0 Å². The molecule has 0 radical (unpaired) electrons. The number of pyridine rings is 1. The molecule has 0 aliphatic heterocycles. The Morgan fingerprint density at radius 3 is 2.52 bits per heavy atom. The number of aromatic nitrogens is 1. The highest BCUT2D eigenvalue weighted by atomic mass is 32.2. The molecular formula is C15H18N2O3S. The van der Waals surface area contributed by atoms with Crippen LogP contribution in [-0.4, -0.2) is 25.1 Å². The van der Waals surface area contributed by atoms with E-state index in [-0.39, 0.29) is 18.0 Å². The normalized spacial score (nSPS) is 11.5. The van der Waals surface area contributed by atoms with Gasteiger partial charge in [0.1, 0.15) is 0 Å². The summed E-state index contributed by atoms with van der Waals surface area (Å²) in [5.41, 5.74) is 2.74. The number of hydrogen-bond acceptors (Lipinski definition) is 4. The number of hydrogen-bond donors (Lipinski definition) is 2. The van der Waals surface area contributed by atoms with Crippen molar-refractivity contribution in [1.82, 2.24) is 9.71 Å². The summed E-state index contributed by atoms with van der Waals surface area (Å²) in [5, 5.41) is 8.85. The van der Waals surface area contributed by atoms with Crippen LogP contribution in [0.15, 0.2) is 47.6 Å². The molecule has 0 aliphatic rings. The summed E-state index contributed by atoms with van der Waals surface area (Å²) in [5.74, 6) is 0. The number of nitrogens with one attached hydrogen (secondary N) is 1. The molecule has 1 heterocycles. The van der Waals surface area contributed by atoms with Gasteiger partial charge >= 0.3 is 0 Å². The smallest absolute Gasteiger partial charge is 0.240 e. The van der Waals surface area contributed by atoms with Gasteiger partial charge in [0.25, 0.3) is 0 Å². The molecule has 1 aromatic carbocycles. The fourth-order valence-corrected chi connectivity index (χ4v) is 2.91. The lowest BCUT2D eigenvalue weighted by molar-refractivity contribution is 0.299. The minimum absolute atomic E-state index is 0.0463. The first-order chi connectivity index (χ1) is 10.0. The van der Waals surface area contributed by atoms with Gasteiger partial charge in [-0.25, -0.2) is 13.1 Å². The zero-order valence-electron chi connectivity index (χ0n) is 11.8. The van der Waals surface area contributed by atoms with E-state index in [2.05, 4.69) is 9.71 Å². The van der Waals surface area contributed by atoms with Gasteiger partial charge in [-0.15, -0.1) is 0 Å². The summed E-state index contributed by atoms with van der Waals surface area (Å²) in [6, 6.07) is 8.35. The van der Waals surface area contributed by atoms with E-state index in [0.717, 1.165) is 16.7 Å². The van der Waals surface area contributed by atoms with Crippen LogP contribution in [0.2, 0.25) is 0 Å². The predicted octanol–water partition coefficient (Wildman–Crippen LogP) is 1.40. The second-order valence-electron chi connectivity index (χ2n) is 4.74. The Balaban J connectivity index is 2.09. The zero-order chi connectivity index (χ0) is 15.3. The van der Waals surface area contributed by atoms with Gasteiger partial charge < -0.3 is 5.11 Å². The van der Waals surface area contributed by atoms with Crippen molar-refractivity contribution in [1.29, 1.82) is 0 Å². The number of rotatable bonds is 6. The van der Waals surface area contributed by atoms with Gasteiger partial charge in [-0.3, -0.25) is 4.98 Å². The molecule has 0 aliphatic carbocycles. The van der Waals surface area contributed by atoms with Crippen molar-refractivity contribution in [2.24, 2.45) is 0 Å². The average Bonchev–Trinajstić information content (AvgIpc) is 2.47. The molecule has 6 heteroatoms. The second-order valence-corrected chi connectivity index (χ2v) is 6.51. The number of aliphatic hydroxyl groups excluding tert-OH is 1. The fraction of sp³-hybridized carbons (Fsp3) is 0.267. The van der Waals surface area contributed by atoms with E-state index in [1.807, 2.05) is 13.0 Å². The third-order valence-corrected chi connectivity index (χ3v) is 4.65. The van der Waals surface area contributed by atoms with Gasteiger partial charge in [0, 0.05) is 25.5 Å². The van der Waals surface area contributed by atoms with E-state index in [0.29, 0.717) is 6.42 Å². The number of benzene rings is 1. The van der Waals surface area contributed by atoms with Crippen molar-refractivity contribution >= 4 is 10.0 Å². The van der Waals surface area contributed by atoms with Crippen molar-refractivity contribution in [2.45, 2.75) is 24.8 Å². The standard InChI is InChI=1S/C15H18N2O3S/c1-12-6-8-16-10-14(12)11-17-21(19,20)15-4-2-13(3-5-15)7-9-18/h2-6,8,10,17-18H,7,9,11H2,1H3. The van der Waals surface area contributed by atoms with E-state index in [1.54, 1.807) is 36.7 Å². The first kappa shape index (κ1) is 15.6. The average molecular weight is 306 g/mol. The Hall–Kier alpha value is -1.76. The molecule has 0 unspecified atom stereocenters. The van der Waals surface area contributed by atoms with E-state index < -0.39 is 10.0 Å². The summed E-state index contributed by atoms with van der Waals surface area (Å²) in [6.07, 6.45) is 3.85. The van der Waals surface area contributed by atoms with Crippen LogP contribution in [0.1, 0.15) is 16.7 Å².